The Morgan fingerprint density at radius 1 is 1.07 bits per heavy atom. The Balaban J connectivity index is 1.50. The molecule has 0 aromatic heterocycles. The molecule has 0 spiro atoms. The van der Waals surface area contributed by atoms with Crippen molar-refractivity contribution in [1.29, 1.82) is 0 Å². The van der Waals surface area contributed by atoms with Crippen molar-refractivity contribution < 1.29 is 14.3 Å². The van der Waals surface area contributed by atoms with E-state index in [9.17, 15) is 9.59 Å². The molecule has 2 aliphatic rings. The van der Waals surface area contributed by atoms with E-state index in [2.05, 4.69) is 10.6 Å². The molecular formula is C22H23N3O3. The molecule has 4 rings (SSSR count). The maximum absolute atomic E-state index is 12.8. The third kappa shape index (κ3) is 3.58. The van der Waals surface area contributed by atoms with Gasteiger partial charge in [-0.2, -0.15) is 0 Å². The standard InChI is InChI=1S/C22H23N3O3/c1-2-12-25-13-18-19(21(25)26)20(24-22(27)23-18)16-8-10-17(11-9-16)28-14-15-6-4-3-5-7-15/h3-11,20H,2,12-14H2,1H3,(H2,23,24,27). The zero-order chi connectivity index (χ0) is 19.5. The van der Waals surface area contributed by atoms with Crippen LogP contribution in [0.4, 0.5) is 4.79 Å². The number of carbonyl (C=O) groups excluding carboxylic acids is 2. The largest absolute Gasteiger partial charge is 0.489 e. The van der Waals surface area contributed by atoms with E-state index < -0.39 is 6.04 Å². The van der Waals surface area contributed by atoms with Crippen molar-refractivity contribution in [2.45, 2.75) is 26.0 Å². The third-order valence-corrected chi connectivity index (χ3v) is 4.98. The monoisotopic (exact) mass is 377 g/mol. The van der Waals surface area contributed by atoms with Crippen LogP contribution in [-0.2, 0) is 11.4 Å². The fourth-order valence-electron chi connectivity index (χ4n) is 3.63. The van der Waals surface area contributed by atoms with E-state index in [-0.39, 0.29) is 11.9 Å². The summed E-state index contributed by atoms with van der Waals surface area (Å²) in [5.74, 6) is 0.728. The molecule has 2 N–H and O–H groups in total. The van der Waals surface area contributed by atoms with E-state index in [1.54, 1.807) is 4.90 Å². The number of rotatable bonds is 6. The number of nitrogens with one attached hydrogen (secondary N) is 2. The van der Waals surface area contributed by atoms with Gasteiger partial charge in [0.25, 0.3) is 5.91 Å². The number of carbonyl (C=O) groups is 2. The molecule has 1 atom stereocenters. The molecule has 3 amide bonds. The Morgan fingerprint density at radius 2 is 1.82 bits per heavy atom. The highest BCUT2D eigenvalue weighted by molar-refractivity contribution is 6.01. The normalized spacial score (nSPS) is 18.6. The van der Waals surface area contributed by atoms with Crippen molar-refractivity contribution >= 4 is 11.9 Å². The molecular weight excluding hydrogens is 354 g/mol. The third-order valence-electron chi connectivity index (χ3n) is 4.98. The van der Waals surface area contributed by atoms with Crippen LogP contribution >= 0.6 is 0 Å². The first kappa shape index (κ1) is 18.1. The predicted octanol–water partition coefficient (Wildman–Crippen LogP) is 3.13. The summed E-state index contributed by atoms with van der Waals surface area (Å²) in [4.78, 5) is 26.7. The fraction of sp³-hybridized carbons (Fsp3) is 0.273. The van der Waals surface area contributed by atoms with Crippen molar-refractivity contribution in [3.05, 3.63) is 77.0 Å². The summed E-state index contributed by atoms with van der Waals surface area (Å²) >= 11 is 0. The van der Waals surface area contributed by atoms with Crippen LogP contribution in [0.2, 0.25) is 0 Å². The Morgan fingerprint density at radius 3 is 2.54 bits per heavy atom. The van der Waals surface area contributed by atoms with E-state index in [0.717, 1.165) is 23.3 Å². The van der Waals surface area contributed by atoms with Gasteiger partial charge in [-0.3, -0.25) is 4.79 Å². The van der Waals surface area contributed by atoms with Crippen molar-refractivity contribution in [2.75, 3.05) is 13.1 Å². The first-order valence-electron chi connectivity index (χ1n) is 9.52. The zero-order valence-corrected chi connectivity index (χ0v) is 15.8. The summed E-state index contributed by atoms with van der Waals surface area (Å²) in [5.41, 5.74) is 3.29. The molecule has 2 aromatic carbocycles. The number of ether oxygens (including phenoxy) is 1. The van der Waals surface area contributed by atoms with Crippen LogP contribution in [0.15, 0.2) is 65.9 Å². The van der Waals surface area contributed by atoms with Gasteiger partial charge in [-0.25, -0.2) is 4.79 Å². The summed E-state index contributed by atoms with van der Waals surface area (Å²) in [7, 11) is 0. The van der Waals surface area contributed by atoms with E-state index in [1.807, 2.05) is 61.5 Å². The number of nitrogens with zero attached hydrogens (tertiary/aromatic N) is 1. The molecule has 0 aliphatic carbocycles. The lowest BCUT2D eigenvalue weighted by Gasteiger charge is -2.25. The molecule has 6 nitrogen and oxygen atoms in total. The molecule has 0 saturated carbocycles. The summed E-state index contributed by atoms with van der Waals surface area (Å²) in [6.45, 7) is 3.67. The maximum atomic E-state index is 12.8. The van der Waals surface area contributed by atoms with Crippen LogP contribution in [0.3, 0.4) is 0 Å². The predicted molar refractivity (Wildman–Crippen MR) is 106 cm³/mol. The minimum absolute atomic E-state index is 0.0150. The first-order chi connectivity index (χ1) is 13.7. The molecule has 28 heavy (non-hydrogen) atoms. The van der Waals surface area contributed by atoms with E-state index in [0.29, 0.717) is 31.0 Å². The van der Waals surface area contributed by atoms with Gasteiger partial charge in [-0.15, -0.1) is 0 Å². The quantitative estimate of drug-likeness (QED) is 0.813. The molecule has 144 valence electrons. The number of benzene rings is 2. The second-order valence-corrected chi connectivity index (χ2v) is 6.99. The van der Waals surface area contributed by atoms with Gasteiger partial charge in [0.1, 0.15) is 12.4 Å². The molecule has 0 bridgehead atoms. The van der Waals surface area contributed by atoms with Gasteiger partial charge in [0.05, 0.1) is 23.9 Å². The van der Waals surface area contributed by atoms with E-state index >= 15 is 0 Å². The lowest BCUT2D eigenvalue weighted by molar-refractivity contribution is -0.125. The molecule has 2 heterocycles. The summed E-state index contributed by atoms with van der Waals surface area (Å²) < 4.78 is 5.83. The second-order valence-electron chi connectivity index (χ2n) is 6.99. The lowest BCUT2D eigenvalue weighted by atomic mass is 9.96. The summed E-state index contributed by atoms with van der Waals surface area (Å²) in [5, 5.41) is 5.67. The Kier molecular flexibility index (Phi) is 5.02. The average molecular weight is 377 g/mol. The second kappa shape index (κ2) is 7.76. The molecule has 2 aliphatic heterocycles. The number of hydrogen-bond donors (Lipinski definition) is 2. The van der Waals surface area contributed by atoms with Gasteiger partial charge >= 0.3 is 6.03 Å². The van der Waals surface area contributed by atoms with Crippen molar-refractivity contribution in [3.8, 4) is 5.75 Å². The van der Waals surface area contributed by atoms with Gasteiger partial charge < -0.3 is 20.3 Å². The number of urea groups is 1. The topological polar surface area (TPSA) is 70.7 Å². The summed E-state index contributed by atoms with van der Waals surface area (Å²) in [6.07, 6.45) is 0.881. The maximum Gasteiger partial charge on any atom is 0.319 e. The molecule has 2 aromatic rings. The number of amides is 3. The van der Waals surface area contributed by atoms with Crippen LogP contribution < -0.4 is 15.4 Å². The van der Waals surface area contributed by atoms with Gasteiger partial charge in [-0.05, 0) is 29.7 Å². The van der Waals surface area contributed by atoms with Crippen molar-refractivity contribution in [3.63, 3.8) is 0 Å². The van der Waals surface area contributed by atoms with Crippen LogP contribution in [0, 0.1) is 0 Å². The highest BCUT2D eigenvalue weighted by atomic mass is 16.5. The van der Waals surface area contributed by atoms with E-state index in [1.165, 1.54) is 0 Å². The molecule has 1 unspecified atom stereocenters. The molecule has 0 fully saturated rings. The Labute approximate surface area is 164 Å². The Bertz CT molecular complexity index is 906. The number of hydrogen-bond acceptors (Lipinski definition) is 3. The minimum atomic E-state index is -0.443. The van der Waals surface area contributed by atoms with Gasteiger partial charge in [0.2, 0.25) is 0 Å². The average Bonchev–Trinajstić information content (AvgIpc) is 3.02. The minimum Gasteiger partial charge on any atom is -0.489 e. The van der Waals surface area contributed by atoms with Crippen molar-refractivity contribution in [2.24, 2.45) is 0 Å². The summed E-state index contributed by atoms with van der Waals surface area (Å²) in [6, 6.07) is 16.8. The molecule has 6 heteroatoms. The van der Waals surface area contributed by atoms with Crippen LogP contribution in [0.1, 0.15) is 30.5 Å². The van der Waals surface area contributed by atoms with Crippen molar-refractivity contribution in [1.82, 2.24) is 15.5 Å². The Hall–Kier alpha value is -3.28. The van der Waals surface area contributed by atoms with Gasteiger partial charge in [0, 0.05) is 6.54 Å². The van der Waals surface area contributed by atoms with Gasteiger partial charge in [-0.1, -0.05) is 49.4 Å². The first-order valence-corrected chi connectivity index (χ1v) is 9.52. The highest BCUT2D eigenvalue weighted by Crippen LogP contribution is 2.33. The van der Waals surface area contributed by atoms with Gasteiger partial charge in [0.15, 0.2) is 0 Å². The zero-order valence-electron chi connectivity index (χ0n) is 15.8. The highest BCUT2D eigenvalue weighted by Gasteiger charge is 2.39. The van der Waals surface area contributed by atoms with E-state index in [4.69, 9.17) is 4.74 Å². The smallest absolute Gasteiger partial charge is 0.319 e. The fourth-order valence-corrected chi connectivity index (χ4v) is 3.63. The van der Waals surface area contributed by atoms with Crippen LogP contribution in [0.5, 0.6) is 5.75 Å². The van der Waals surface area contributed by atoms with Crippen LogP contribution in [-0.4, -0.2) is 29.9 Å². The molecule has 0 saturated heterocycles. The molecule has 0 radical (unpaired) electrons. The SMILES string of the molecule is CCCN1CC2=C(C1=O)C(c1ccc(OCc3ccccc3)cc1)NC(=O)N2. The van der Waals surface area contributed by atoms with Crippen LogP contribution in [0.25, 0.3) is 0 Å². The lowest BCUT2D eigenvalue weighted by Crippen LogP contribution is -2.44.